The summed E-state index contributed by atoms with van der Waals surface area (Å²) in [5.74, 6) is -0.113. The molecular weight excluding hydrogens is 333 g/mol. The Morgan fingerprint density at radius 1 is 1.04 bits per heavy atom. The molecule has 1 amide bonds. The second-order valence-electron chi connectivity index (χ2n) is 5.31. The Balaban J connectivity index is 1.75. The van der Waals surface area contributed by atoms with E-state index in [4.69, 9.17) is 27.9 Å². The van der Waals surface area contributed by atoms with Crippen LogP contribution in [0.4, 0.5) is 0 Å². The second kappa shape index (κ2) is 6.65. The molecule has 5 heteroatoms. The van der Waals surface area contributed by atoms with E-state index in [0.717, 1.165) is 11.1 Å². The van der Waals surface area contributed by atoms with Crippen LogP contribution in [0.25, 0.3) is 6.08 Å². The number of benzene rings is 2. The number of carbonyl (C=O) groups excluding carboxylic acids is 1. The van der Waals surface area contributed by atoms with Gasteiger partial charge in [-0.05, 0) is 17.2 Å². The summed E-state index contributed by atoms with van der Waals surface area (Å²) in [6.07, 6.45) is 1.23. The molecule has 118 valence electrons. The molecular formula is C18H15Cl2NO2. The molecule has 1 N–H and O–H groups in total. The van der Waals surface area contributed by atoms with Gasteiger partial charge in [0, 0.05) is 6.42 Å². The van der Waals surface area contributed by atoms with Crippen LogP contribution in [0.15, 0.2) is 66.4 Å². The average Bonchev–Trinajstić information content (AvgIpc) is 2.91. The first-order valence-corrected chi connectivity index (χ1v) is 7.96. The molecule has 0 spiro atoms. The van der Waals surface area contributed by atoms with Crippen LogP contribution in [0.3, 0.4) is 0 Å². The maximum atomic E-state index is 12.1. The second-order valence-corrected chi connectivity index (χ2v) is 6.86. The lowest BCUT2D eigenvalue weighted by atomic mass is 10.1. The van der Waals surface area contributed by atoms with Crippen LogP contribution < -0.4 is 5.32 Å². The van der Waals surface area contributed by atoms with Crippen LogP contribution in [0.2, 0.25) is 0 Å². The molecule has 1 saturated heterocycles. The third-order valence-electron chi connectivity index (χ3n) is 3.49. The molecule has 2 aromatic carbocycles. The number of amides is 1. The summed E-state index contributed by atoms with van der Waals surface area (Å²) in [6.45, 7) is 0. The molecule has 1 aliphatic rings. The summed E-state index contributed by atoms with van der Waals surface area (Å²) < 4.78 is 4.39. The van der Waals surface area contributed by atoms with Crippen molar-refractivity contribution in [1.82, 2.24) is 5.32 Å². The molecule has 3 nitrogen and oxygen atoms in total. The molecule has 3 rings (SSSR count). The molecule has 0 aliphatic carbocycles. The predicted octanol–water partition coefficient (Wildman–Crippen LogP) is 3.92. The summed E-state index contributed by atoms with van der Waals surface area (Å²) in [4.78, 5) is 12.1. The van der Waals surface area contributed by atoms with Crippen molar-refractivity contribution in [3.05, 3.63) is 77.5 Å². The molecule has 2 aromatic rings. The van der Waals surface area contributed by atoms with Gasteiger partial charge in [0.15, 0.2) is 10.1 Å². The highest BCUT2D eigenvalue weighted by Crippen LogP contribution is 2.34. The SMILES string of the molecule is O=C1NC(C(Cl)(Cl)Cc2ccccc2)O/C1=C\c1ccccc1. The Bertz CT molecular complexity index is 714. The monoisotopic (exact) mass is 347 g/mol. The van der Waals surface area contributed by atoms with Crippen LogP contribution >= 0.6 is 23.2 Å². The van der Waals surface area contributed by atoms with E-state index in [1.165, 1.54) is 0 Å². The zero-order valence-electron chi connectivity index (χ0n) is 12.2. The Kier molecular flexibility index (Phi) is 4.60. The topological polar surface area (TPSA) is 38.3 Å². The highest BCUT2D eigenvalue weighted by molar-refractivity contribution is 6.49. The summed E-state index contributed by atoms with van der Waals surface area (Å²) in [6, 6.07) is 19.0. The smallest absolute Gasteiger partial charge is 0.289 e. The first-order valence-electron chi connectivity index (χ1n) is 7.21. The van der Waals surface area contributed by atoms with E-state index in [1.807, 2.05) is 60.7 Å². The number of halogens is 2. The van der Waals surface area contributed by atoms with E-state index >= 15 is 0 Å². The minimum absolute atomic E-state index is 0.208. The van der Waals surface area contributed by atoms with Crippen molar-refractivity contribution in [3.8, 4) is 0 Å². The molecule has 23 heavy (non-hydrogen) atoms. The molecule has 0 aromatic heterocycles. The van der Waals surface area contributed by atoms with E-state index in [9.17, 15) is 4.79 Å². The molecule has 0 saturated carbocycles. The fraction of sp³-hybridized carbons (Fsp3) is 0.167. The minimum atomic E-state index is -1.26. The van der Waals surface area contributed by atoms with E-state index in [-0.39, 0.29) is 11.7 Å². The van der Waals surface area contributed by atoms with Crippen LogP contribution in [-0.2, 0) is 16.0 Å². The van der Waals surface area contributed by atoms with Crippen molar-refractivity contribution in [1.29, 1.82) is 0 Å². The quantitative estimate of drug-likeness (QED) is 0.672. The Hall–Kier alpha value is -1.97. The van der Waals surface area contributed by atoms with Gasteiger partial charge in [0.2, 0.25) is 6.23 Å². The zero-order valence-corrected chi connectivity index (χ0v) is 13.7. The van der Waals surface area contributed by atoms with E-state index in [1.54, 1.807) is 6.08 Å². The number of hydrogen-bond acceptors (Lipinski definition) is 2. The first kappa shape index (κ1) is 15.9. The lowest BCUT2D eigenvalue weighted by molar-refractivity contribution is -0.116. The Morgan fingerprint density at radius 2 is 1.65 bits per heavy atom. The molecule has 1 aliphatic heterocycles. The molecule has 1 heterocycles. The van der Waals surface area contributed by atoms with Gasteiger partial charge in [-0.15, -0.1) is 0 Å². The van der Waals surface area contributed by atoms with Crippen molar-refractivity contribution >= 4 is 35.2 Å². The van der Waals surface area contributed by atoms with Gasteiger partial charge in [-0.2, -0.15) is 0 Å². The van der Waals surface area contributed by atoms with Gasteiger partial charge < -0.3 is 10.1 Å². The molecule has 1 fully saturated rings. The van der Waals surface area contributed by atoms with E-state index < -0.39 is 10.6 Å². The van der Waals surface area contributed by atoms with Gasteiger partial charge in [0.25, 0.3) is 5.91 Å². The summed E-state index contributed by atoms with van der Waals surface area (Å²) in [5.41, 5.74) is 1.84. The normalized spacial score (nSPS) is 19.5. The number of nitrogens with one attached hydrogen (secondary N) is 1. The minimum Gasteiger partial charge on any atom is -0.462 e. The van der Waals surface area contributed by atoms with E-state index in [2.05, 4.69) is 5.32 Å². The van der Waals surface area contributed by atoms with E-state index in [0.29, 0.717) is 6.42 Å². The first-order chi connectivity index (χ1) is 11.0. The average molecular weight is 348 g/mol. The van der Waals surface area contributed by atoms with Gasteiger partial charge in [-0.3, -0.25) is 4.79 Å². The van der Waals surface area contributed by atoms with Crippen LogP contribution in [0.5, 0.6) is 0 Å². The van der Waals surface area contributed by atoms with Crippen molar-refractivity contribution in [3.63, 3.8) is 0 Å². The number of hydrogen-bond donors (Lipinski definition) is 1. The predicted molar refractivity (Wildman–Crippen MR) is 92.0 cm³/mol. The summed E-state index contributed by atoms with van der Waals surface area (Å²) in [7, 11) is 0. The third-order valence-corrected chi connectivity index (χ3v) is 4.16. The standard InChI is InChI=1S/C18H15Cl2NO2/c19-18(20,12-14-9-5-2-6-10-14)17-21-16(22)15(23-17)11-13-7-3-1-4-8-13/h1-11,17H,12H2,(H,21,22)/b15-11-. The van der Waals surface area contributed by atoms with Crippen molar-refractivity contribution in [2.75, 3.05) is 0 Å². The Morgan fingerprint density at radius 3 is 2.30 bits per heavy atom. The van der Waals surface area contributed by atoms with Crippen molar-refractivity contribution in [2.24, 2.45) is 0 Å². The van der Waals surface area contributed by atoms with Gasteiger partial charge >= 0.3 is 0 Å². The van der Waals surface area contributed by atoms with Gasteiger partial charge in [-0.1, -0.05) is 83.9 Å². The van der Waals surface area contributed by atoms with Gasteiger partial charge in [0.1, 0.15) is 0 Å². The largest absolute Gasteiger partial charge is 0.462 e. The lowest BCUT2D eigenvalue weighted by Gasteiger charge is -2.25. The molecule has 0 bridgehead atoms. The fourth-order valence-corrected chi connectivity index (χ4v) is 2.86. The van der Waals surface area contributed by atoms with Gasteiger partial charge in [-0.25, -0.2) is 0 Å². The maximum Gasteiger partial charge on any atom is 0.289 e. The van der Waals surface area contributed by atoms with Crippen LogP contribution in [0, 0.1) is 0 Å². The third kappa shape index (κ3) is 3.87. The van der Waals surface area contributed by atoms with Gasteiger partial charge in [0.05, 0.1) is 0 Å². The lowest BCUT2D eigenvalue weighted by Crippen LogP contribution is -2.42. The molecule has 1 atom stereocenters. The molecule has 0 radical (unpaired) electrons. The number of rotatable bonds is 4. The number of alkyl halides is 2. The number of ether oxygens (including phenoxy) is 1. The fourth-order valence-electron chi connectivity index (χ4n) is 2.35. The summed E-state index contributed by atoms with van der Waals surface area (Å²) >= 11 is 12.8. The van der Waals surface area contributed by atoms with Crippen molar-refractivity contribution in [2.45, 2.75) is 17.0 Å². The Labute approximate surface area is 144 Å². The maximum absolute atomic E-state index is 12.1. The van der Waals surface area contributed by atoms with Crippen LogP contribution in [-0.4, -0.2) is 16.5 Å². The number of carbonyl (C=O) groups is 1. The van der Waals surface area contributed by atoms with Crippen molar-refractivity contribution < 1.29 is 9.53 Å². The highest BCUT2D eigenvalue weighted by atomic mass is 35.5. The zero-order chi connectivity index (χ0) is 16.3. The molecule has 1 unspecified atom stereocenters. The summed E-state index contributed by atoms with van der Waals surface area (Å²) in [5, 5.41) is 2.69. The van der Waals surface area contributed by atoms with Crippen LogP contribution in [0.1, 0.15) is 11.1 Å². The highest BCUT2D eigenvalue weighted by Gasteiger charge is 2.43.